The first-order valence-electron chi connectivity index (χ1n) is 18.9. The Labute approximate surface area is 302 Å². The van der Waals surface area contributed by atoms with Gasteiger partial charge in [-0.3, -0.25) is 4.31 Å². The van der Waals surface area contributed by atoms with Gasteiger partial charge in [-0.2, -0.15) is 12.7 Å². The molecule has 276 valence electrons. The first-order chi connectivity index (χ1) is 23.5. The topological polar surface area (TPSA) is 88.3 Å². The molecule has 2 aromatic heterocycles. The first-order valence-corrected chi connectivity index (χ1v) is 20.3. The molecule has 0 aliphatic heterocycles. The third kappa shape index (κ3) is 8.50. The molecule has 2 fully saturated rings. The Kier molecular flexibility index (Phi) is 11.6. The predicted molar refractivity (Wildman–Crippen MR) is 211 cm³/mol. The number of hydrogen-bond donors (Lipinski definition) is 1. The second-order valence-electron chi connectivity index (χ2n) is 17.0. The van der Waals surface area contributed by atoms with E-state index in [9.17, 15) is 8.42 Å². The van der Waals surface area contributed by atoms with Crippen LogP contribution in [0.5, 0.6) is 0 Å². The number of anilines is 2. The SMILES string of the molecule is CN(C)S(=O)(=O)N(C)c1ccc2c(c1)nc(C(C)(C)C)n2CC1CCCCC1.CNc1ccc2c(c1)nc(C(C)(C)C)n2CC1CCCCC1. The molecule has 2 aromatic carbocycles. The number of aromatic nitrogens is 4. The molecule has 0 radical (unpaired) electrons. The average Bonchev–Trinajstić information content (AvgIpc) is 3.63. The summed E-state index contributed by atoms with van der Waals surface area (Å²) in [5.41, 5.74) is 6.12. The molecule has 0 unspecified atom stereocenters. The van der Waals surface area contributed by atoms with Crippen LogP contribution in [0.4, 0.5) is 11.4 Å². The Morgan fingerprint density at radius 2 is 1.14 bits per heavy atom. The van der Waals surface area contributed by atoms with Crippen molar-refractivity contribution < 1.29 is 8.42 Å². The van der Waals surface area contributed by atoms with Crippen LogP contribution in [-0.2, 0) is 34.1 Å². The minimum Gasteiger partial charge on any atom is -0.388 e. The molecular formula is C40H63N7O2S. The molecule has 50 heavy (non-hydrogen) atoms. The van der Waals surface area contributed by atoms with Crippen molar-refractivity contribution in [2.24, 2.45) is 11.8 Å². The first kappa shape index (κ1) is 38.1. The number of nitrogens with one attached hydrogen (secondary N) is 1. The van der Waals surface area contributed by atoms with Gasteiger partial charge in [0.25, 0.3) is 0 Å². The Bertz CT molecular complexity index is 1850. The third-order valence-corrected chi connectivity index (χ3v) is 12.4. The van der Waals surface area contributed by atoms with E-state index in [1.807, 2.05) is 25.2 Å². The van der Waals surface area contributed by atoms with Crippen molar-refractivity contribution in [2.75, 3.05) is 37.8 Å². The summed E-state index contributed by atoms with van der Waals surface area (Å²) in [6, 6.07) is 12.4. The van der Waals surface area contributed by atoms with Crippen LogP contribution < -0.4 is 9.62 Å². The Hall–Kier alpha value is -3.11. The van der Waals surface area contributed by atoms with Gasteiger partial charge in [-0.25, -0.2) is 9.97 Å². The molecule has 0 amide bonds. The summed E-state index contributed by atoms with van der Waals surface area (Å²) in [7, 11) is 3.11. The third-order valence-electron chi connectivity index (χ3n) is 10.6. The van der Waals surface area contributed by atoms with E-state index in [0.29, 0.717) is 11.6 Å². The summed E-state index contributed by atoms with van der Waals surface area (Å²) in [6.07, 6.45) is 13.5. The maximum atomic E-state index is 12.5. The molecule has 4 aromatic rings. The molecule has 0 saturated heterocycles. The minimum atomic E-state index is -3.52. The van der Waals surface area contributed by atoms with E-state index in [-0.39, 0.29) is 10.8 Å². The fourth-order valence-electron chi connectivity index (χ4n) is 7.75. The van der Waals surface area contributed by atoms with E-state index >= 15 is 0 Å². The Morgan fingerprint density at radius 1 is 0.700 bits per heavy atom. The van der Waals surface area contributed by atoms with Crippen molar-refractivity contribution in [1.82, 2.24) is 23.4 Å². The van der Waals surface area contributed by atoms with E-state index in [4.69, 9.17) is 9.97 Å². The van der Waals surface area contributed by atoms with Gasteiger partial charge in [-0.15, -0.1) is 0 Å². The van der Waals surface area contributed by atoms with Gasteiger partial charge >= 0.3 is 10.2 Å². The zero-order valence-electron chi connectivity index (χ0n) is 32.5. The minimum absolute atomic E-state index is 0.0739. The maximum Gasteiger partial charge on any atom is 0.303 e. The van der Waals surface area contributed by atoms with Crippen molar-refractivity contribution in [1.29, 1.82) is 0 Å². The number of rotatable bonds is 8. The van der Waals surface area contributed by atoms with Gasteiger partial charge in [0, 0.05) is 57.8 Å². The standard InChI is InChI=1S/C21H34N4O2S.C19H29N3/c1-21(2,3)20-22-18-14-17(24(6)28(26,27)23(4)5)12-13-19(18)25(20)15-16-10-8-7-9-11-16;1-19(2,3)18-21-16-12-15(20-4)10-11-17(16)22(18)13-14-8-6-5-7-9-14/h12-14,16H,7-11,15H2,1-6H3;10-12,14,20H,5-9,13H2,1-4H3. The summed E-state index contributed by atoms with van der Waals surface area (Å²) in [6.45, 7) is 15.5. The number of hydrogen-bond acceptors (Lipinski definition) is 5. The van der Waals surface area contributed by atoms with Crippen LogP contribution in [0.15, 0.2) is 36.4 Å². The molecule has 0 atom stereocenters. The largest absolute Gasteiger partial charge is 0.388 e. The van der Waals surface area contributed by atoms with Gasteiger partial charge in [-0.05, 0) is 73.9 Å². The maximum absolute atomic E-state index is 12.5. The van der Waals surface area contributed by atoms with Crippen LogP contribution in [0.2, 0.25) is 0 Å². The Balaban J connectivity index is 0.000000200. The molecule has 10 heteroatoms. The summed E-state index contributed by atoms with van der Waals surface area (Å²) in [5, 5.41) is 3.22. The molecular weight excluding hydrogens is 643 g/mol. The predicted octanol–water partition coefficient (Wildman–Crippen LogP) is 9.11. The second kappa shape index (κ2) is 15.2. The Morgan fingerprint density at radius 3 is 1.56 bits per heavy atom. The van der Waals surface area contributed by atoms with Crippen molar-refractivity contribution in [3.05, 3.63) is 48.0 Å². The second-order valence-corrected chi connectivity index (χ2v) is 19.2. The van der Waals surface area contributed by atoms with Crippen molar-refractivity contribution in [2.45, 2.75) is 130 Å². The molecule has 2 saturated carbocycles. The van der Waals surface area contributed by atoms with Crippen molar-refractivity contribution in [3.8, 4) is 0 Å². The smallest absolute Gasteiger partial charge is 0.303 e. The highest BCUT2D eigenvalue weighted by molar-refractivity contribution is 7.90. The number of nitrogens with zero attached hydrogens (tertiary/aromatic N) is 6. The fraction of sp³-hybridized carbons (Fsp3) is 0.650. The normalized spacial score (nSPS) is 16.9. The number of benzene rings is 2. The lowest BCUT2D eigenvalue weighted by Gasteiger charge is -2.26. The monoisotopic (exact) mass is 705 g/mol. The highest BCUT2D eigenvalue weighted by Crippen LogP contribution is 2.34. The van der Waals surface area contributed by atoms with Crippen LogP contribution in [0.25, 0.3) is 22.1 Å². The van der Waals surface area contributed by atoms with Crippen LogP contribution in [0, 0.1) is 11.8 Å². The van der Waals surface area contributed by atoms with E-state index < -0.39 is 10.2 Å². The summed E-state index contributed by atoms with van der Waals surface area (Å²) in [5.74, 6) is 3.81. The van der Waals surface area contributed by atoms with Gasteiger partial charge in [0.2, 0.25) is 0 Å². The molecule has 0 bridgehead atoms. The van der Waals surface area contributed by atoms with Crippen LogP contribution >= 0.6 is 0 Å². The van der Waals surface area contributed by atoms with Crippen LogP contribution in [0.3, 0.4) is 0 Å². The highest BCUT2D eigenvalue weighted by Gasteiger charge is 2.28. The van der Waals surface area contributed by atoms with Gasteiger partial charge in [-0.1, -0.05) is 80.1 Å². The number of fused-ring (bicyclic) bond motifs is 2. The molecule has 2 heterocycles. The number of imidazole rings is 2. The van der Waals surface area contributed by atoms with Gasteiger partial charge in [0.15, 0.2) is 0 Å². The van der Waals surface area contributed by atoms with Crippen LogP contribution in [-0.4, -0.2) is 60.0 Å². The molecule has 6 rings (SSSR count). The zero-order valence-corrected chi connectivity index (χ0v) is 33.3. The fourth-order valence-corrected chi connectivity index (χ4v) is 8.62. The molecule has 9 nitrogen and oxygen atoms in total. The van der Waals surface area contributed by atoms with Gasteiger partial charge < -0.3 is 14.5 Å². The molecule has 2 aliphatic rings. The lowest BCUT2D eigenvalue weighted by molar-refractivity contribution is 0.313. The van der Waals surface area contributed by atoms with Gasteiger partial charge in [0.05, 0.1) is 27.8 Å². The summed E-state index contributed by atoms with van der Waals surface area (Å²) >= 11 is 0. The molecule has 0 spiro atoms. The van der Waals surface area contributed by atoms with Crippen LogP contribution in [0.1, 0.15) is 117 Å². The average molecular weight is 706 g/mol. The zero-order chi connectivity index (χ0) is 36.4. The summed E-state index contributed by atoms with van der Waals surface area (Å²) < 4.78 is 32.4. The lowest BCUT2D eigenvalue weighted by Crippen LogP contribution is -2.37. The lowest BCUT2D eigenvalue weighted by atomic mass is 9.88. The van der Waals surface area contributed by atoms with E-state index in [1.54, 1.807) is 21.1 Å². The molecule has 1 N–H and O–H groups in total. The van der Waals surface area contributed by atoms with E-state index in [2.05, 4.69) is 74.2 Å². The van der Waals surface area contributed by atoms with Crippen molar-refractivity contribution in [3.63, 3.8) is 0 Å². The van der Waals surface area contributed by atoms with E-state index in [0.717, 1.165) is 47.1 Å². The quantitative estimate of drug-likeness (QED) is 0.198. The van der Waals surface area contributed by atoms with Crippen molar-refractivity contribution >= 4 is 43.7 Å². The van der Waals surface area contributed by atoms with E-state index in [1.165, 1.54) is 84.2 Å². The van der Waals surface area contributed by atoms with Gasteiger partial charge in [0.1, 0.15) is 11.6 Å². The summed E-state index contributed by atoms with van der Waals surface area (Å²) in [4.78, 5) is 9.93. The highest BCUT2D eigenvalue weighted by atomic mass is 32.2. The molecule has 2 aliphatic carbocycles.